The maximum absolute atomic E-state index is 12.9. The minimum atomic E-state index is -0.432. The summed E-state index contributed by atoms with van der Waals surface area (Å²) < 4.78 is 11.0. The smallest absolute Gasteiger partial charge is 0.294 e. The monoisotopic (exact) mass is 355 g/mol. The van der Waals surface area contributed by atoms with Crippen molar-refractivity contribution in [1.29, 1.82) is 0 Å². The third kappa shape index (κ3) is 3.72. The van der Waals surface area contributed by atoms with Gasteiger partial charge >= 0.3 is 0 Å². The minimum Gasteiger partial charge on any atom is -0.465 e. The standard InChI is InChI=1S/C19H21N3O4/c1-3-12(2)21-18(23)11-22-15-9-13(20)6-7-16(15)26-17(19(22)24)10-14-5-4-8-25-14/h4-10,12H,3,11,20H2,1-2H3,(H,21,23)/b17-10+. The van der Waals surface area contributed by atoms with Gasteiger partial charge in [0.1, 0.15) is 12.3 Å². The van der Waals surface area contributed by atoms with Crippen LogP contribution < -0.4 is 20.7 Å². The predicted molar refractivity (Wildman–Crippen MR) is 98.4 cm³/mol. The van der Waals surface area contributed by atoms with Crippen molar-refractivity contribution in [3.05, 3.63) is 48.1 Å². The van der Waals surface area contributed by atoms with Crippen LogP contribution in [-0.4, -0.2) is 24.4 Å². The molecule has 26 heavy (non-hydrogen) atoms. The highest BCUT2D eigenvalue weighted by atomic mass is 16.5. The average molecular weight is 355 g/mol. The van der Waals surface area contributed by atoms with Crippen molar-refractivity contribution in [2.75, 3.05) is 17.2 Å². The van der Waals surface area contributed by atoms with Crippen LogP contribution >= 0.6 is 0 Å². The summed E-state index contributed by atoms with van der Waals surface area (Å²) in [6.45, 7) is 3.76. The van der Waals surface area contributed by atoms with E-state index in [1.807, 2.05) is 13.8 Å². The van der Waals surface area contributed by atoms with E-state index in [4.69, 9.17) is 14.9 Å². The summed E-state index contributed by atoms with van der Waals surface area (Å²) in [5.41, 5.74) is 6.78. The van der Waals surface area contributed by atoms with Crippen LogP contribution in [0.3, 0.4) is 0 Å². The first-order valence-corrected chi connectivity index (χ1v) is 8.41. The summed E-state index contributed by atoms with van der Waals surface area (Å²) in [7, 11) is 0. The molecule has 7 heteroatoms. The highest BCUT2D eigenvalue weighted by molar-refractivity contribution is 6.12. The molecule has 7 nitrogen and oxygen atoms in total. The maximum atomic E-state index is 12.9. The number of nitrogen functional groups attached to an aromatic ring is 1. The van der Waals surface area contributed by atoms with Gasteiger partial charge in [0.2, 0.25) is 5.91 Å². The zero-order chi connectivity index (χ0) is 18.7. The normalized spacial score (nSPS) is 16.2. The number of furan rings is 1. The van der Waals surface area contributed by atoms with Crippen LogP contribution in [0.1, 0.15) is 26.0 Å². The van der Waals surface area contributed by atoms with Gasteiger partial charge in [0.05, 0.1) is 12.0 Å². The van der Waals surface area contributed by atoms with Crippen molar-refractivity contribution in [2.45, 2.75) is 26.3 Å². The van der Waals surface area contributed by atoms with E-state index < -0.39 is 5.91 Å². The lowest BCUT2D eigenvalue weighted by atomic mass is 10.1. The number of nitrogens with zero attached hydrogens (tertiary/aromatic N) is 1. The average Bonchev–Trinajstić information content (AvgIpc) is 3.12. The van der Waals surface area contributed by atoms with E-state index in [9.17, 15) is 9.59 Å². The number of benzene rings is 1. The minimum absolute atomic E-state index is 0.0251. The number of nitrogens with one attached hydrogen (secondary N) is 1. The van der Waals surface area contributed by atoms with Crippen LogP contribution in [0.15, 0.2) is 46.8 Å². The Hall–Kier alpha value is -3.22. The van der Waals surface area contributed by atoms with Crippen molar-refractivity contribution in [2.24, 2.45) is 0 Å². The largest absolute Gasteiger partial charge is 0.465 e. The lowest BCUT2D eigenvalue weighted by Gasteiger charge is -2.30. The molecule has 2 amide bonds. The van der Waals surface area contributed by atoms with Crippen LogP contribution in [0.4, 0.5) is 11.4 Å². The Morgan fingerprint density at radius 3 is 2.88 bits per heavy atom. The molecule has 1 aromatic heterocycles. The zero-order valence-electron chi connectivity index (χ0n) is 14.7. The Bertz CT molecular complexity index is 842. The van der Waals surface area contributed by atoms with Gasteiger partial charge in [0, 0.05) is 17.8 Å². The molecular weight excluding hydrogens is 334 g/mol. The number of fused-ring (bicyclic) bond motifs is 1. The molecule has 1 unspecified atom stereocenters. The molecule has 1 aromatic carbocycles. The summed E-state index contributed by atoms with van der Waals surface area (Å²) >= 11 is 0. The highest BCUT2D eigenvalue weighted by Gasteiger charge is 2.32. The Morgan fingerprint density at radius 1 is 1.38 bits per heavy atom. The number of carbonyl (C=O) groups excluding carboxylic acids is 2. The zero-order valence-corrected chi connectivity index (χ0v) is 14.7. The molecule has 1 atom stereocenters. The molecule has 0 spiro atoms. The highest BCUT2D eigenvalue weighted by Crippen LogP contribution is 2.37. The van der Waals surface area contributed by atoms with Crippen molar-refractivity contribution in [3.8, 4) is 5.75 Å². The number of nitrogens with two attached hydrogens (primary N) is 1. The number of carbonyl (C=O) groups is 2. The van der Waals surface area contributed by atoms with Gasteiger partial charge in [0.25, 0.3) is 5.91 Å². The van der Waals surface area contributed by atoms with Crippen LogP contribution in [-0.2, 0) is 9.59 Å². The molecule has 3 N–H and O–H groups in total. The first-order chi connectivity index (χ1) is 12.5. The molecule has 1 aliphatic heterocycles. The SMILES string of the molecule is CCC(C)NC(=O)CN1C(=O)/C(=C\c2ccco2)Oc2ccc(N)cc21. The number of ether oxygens (including phenoxy) is 1. The summed E-state index contributed by atoms with van der Waals surface area (Å²) in [4.78, 5) is 26.6. The van der Waals surface area contributed by atoms with Gasteiger partial charge in [-0.15, -0.1) is 0 Å². The van der Waals surface area contributed by atoms with E-state index in [2.05, 4.69) is 5.32 Å². The first-order valence-electron chi connectivity index (χ1n) is 8.41. The molecule has 1 aliphatic rings. The van der Waals surface area contributed by atoms with E-state index in [0.29, 0.717) is 22.9 Å². The summed E-state index contributed by atoms with van der Waals surface area (Å²) in [5.74, 6) is 0.330. The van der Waals surface area contributed by atoms with Crippen molar-refractivity contribution >= 4 is 29.3 Å². The second-order valence-corrected chi connectivity index (χ2v) is 6.12. The van der Waals surface area contributed by atoms with Gasteiger partial charge in [-0.1, -0.05) is 6.92 Å². The molecule has 0 radical (unpaired) electrons. The summed E-state index contributed by atoms with van der Waals surface area (Å²) in [6, 6.07) is 8.42. The van der Waals surface area contributed by atoms with E-state index in [1.165, 1.54) is 17.2 Å². The number of anilines is 2. The molecule has 0 aliphatic carbocycles. The van der Waals surface area contributed by atoms with E-state index >= 15 is 0 Å². The van der Waals surface area contributed by atoms with Gasteiger partial charge in [-0.05, 0) is 43.7 Å². The predicted octanol–water partition coefficient (Wildman–Crippen LogP) is 2.54. The first kappa shape index (κ1) is 17.6. The lowest BCUT2D eigenvalue weighted by molar-refractivity contribution is -0.123. The number of hydrogen-bond acceptors (Lipinski definition) is 5. The quantitative estimate of drug-likeness (QED) is 0.634. The van der Waals surface area contributed by atoms with Crippen LogP contribution in [0.2, 0.25) is 0 Å². The van der Waals surface area contributed by atoms with Crippen LogP contribution in [0.25, 0.3) is 6.08 Å². The number of rotatable bonds is 5. The third-order valence-electron chi connectivity index (χ3n) is 4.09. The number of hydrogen-bond donors (Lipinski definition) is 2. The molecule has 0 saturated heterocycles. The Balaban J connectivity index is 1.93. The second-order valence-electron chi connectivity index (χ2n) is 6.12. The van der Waals surface area contributed by atoms with E-state index in [0.717, 1.165) is 6.42 Å². The van der Waals surface area contributed by atoms with E-state index in [-0.39, 0.29) is 24.3 Å². The lowest BCUT2D eigenvalue weighted by Crippen LogP contribution is -2.46. The summed E-state index contributed by atoms with van der Waals surface area (Å²) in [6.07, 6.45) is 3.81. The van der Waals surface area contributed by atoms with Gasteiger partial charge in [0.15, 0.2) is 11.5 Å². The Labute approximate surface area is 151 Å². The molecule has 2 heterocycles. The Morgan fingerprint density at radius 2 is 2.19 bits per heavy atom. The molecule has 0 bridgehead atoms. The maximum Gasteiger partial charge on any atom is 0.294 e. The Kier molecular flexibility index (Phi) is 4.97. The van der Waals surface area contributed by atoms with E-state index in [1.54, 1.807) is 30.3 Å². The fourth-order valence-corrected chi connectivity index (χ4v) is 2.55. The van der Waals surface area contributed by atoms with Gasteiger partial charge in [-0.3, -0.25) is 14.5 Å². The molecule has 3 rings (SSSR count). The van der Waals surface area contributed by atoms with Crippen LogP contribution in [0.5, 0.6) is 5.75 Å². The molecule has 0 saturated carbocycles. The molecule has 0 fully saturated rings. The fraction of sp³-hybridized carbons (Fsp3) is 0.263. The molecular formula is C19H21N3O4. The van der Waals surface area contributed by atoms with Gasteiger partial charge < -0.3 is 20.2 Å². The fourth-order valence-electron chi connectivity index (χ4n) is 2.55. The summed E-state index contributed by atoms with van der Waals surface area (Å²) in [5, 5.41) is 2.86. The topological polar surface area (TPSA) is 97.8 Å². The molecule has 2 aromatic rings. The third-order valence-corrected chi connectivity index (χ3v) is 4.09. The van der Waals surface area contributed by atoms with Crippen molar-refractivity contribution in [3.63, 3.8) is 0 Å². The van der Waals surface area contributed by atoms with Crippen molar-refractivity contribution < 1.29 is 18.7 Å². The van der Waals surface area contributed by atoms with Crippen LogP contribution in [0, 0.1) is 0 Å². The number of amides is 2. The van der Waals surface area contributed by atoms with Crippen molar-refractivity contribution in [1.82, 2.24) is 5.32 Å². The van der Waals surface area contributed by atoms with Gasteiger partial charge in [-0.25, -0.2) is 0 Å². The second kappa shape index (κ2) is 7.35. The molecule has 136 valence electrons. The van der Waals surface area contributed by atoms with Gasteiger partial charge in [-0.2, -0.15) is 0 Å².